The van der Waals surface area contributed by atoms with Crippen molar-refractivity contribution in [3.63, 3.8) is 0 Å². The number of morpholine rings is 1. The second-order valence-corrected chi connectivity index (χ2v) is 7.72. The molecule has 2 aromatic rings. The summed E-state index contributed by atoms with van der Waals surface area (Å²) < 4.78 is 34.6. The lowest BCUT2D eigenvalue weighted by Crippen LogP contribution is -2.43. The van der Waals surface area contributed by atoms with Crippen LogP contribution in [0.4, 0.5) is 8.78 Å². The molecule has 1 aliphatic rings. The molecular weight excluding hydrogens is 370 g/mol. The summed E-state index contributed by atoms with van der Waals surface area (Å²) in [6, 6.07) is 11.7. The summed E-state index contributed by atoms with van der Waals surface area (Å²) in [4.78, 5) is 6.15. The van der Waals surface area contributed by atoms with Crippen LogP contribution in [0.2, 0.25) is 0 Å². The van der Waals surface area contributed by atoms with Crippen molar-refractivity contribution < 1.29 is 18.3 Å². The molecule has 1 aromatic heterocycles. The Hall–Kier alpha value is -1.54. The van der Waals surface area contributed by atoms with Gasteiger partial charge in [-0.15, -0.1) is 11.3 Å². The van der Waals surface area contributed by atoms with Crippen molar-refractivity contribution in [1.82, 2.24) is 9.80 Å². The minimum absolute atomic E-state index is 0.161. The molecule has 1 aromatic carbocycles. The molecule has 0 aliphatic carbocycles. The first-order chi connectivity index (χ1) is 13.0. The van der Waals surface area contributed by atoms with Gasteiger partial charge in [0.1, 0.15) is 5.75 Å². The van der Waals surface area contributed by atoms with E-state index in [1.54, 1.807) is 23.5 Å². The predicted molar refractivity (Wildman–Crippen MR) is 104 cm³/mol. The highest BCUT2D eigenvalue weighted by molar-refractivity contribution is 7.10. The van der Waals surface area contributed by atoms with Gasteiger partial charge in [-0.25, -0.2) is 0 Å². The Bertz CT molecular complexity index is 676. The number of halogens is 2. The molecule has 4 nitrogen and oxygen atoms in total. The van der Waals surface area contributed by atoms with Gasteiger partial charge in [-0.2, -0.15) is 8.78 Å². The molecule has 7 heteroatoms. The third-order valence-corrected chi connectivity index (χ3v) is 6.04. The molecule has 148 valence electrons. The van der Waals surface area contributed by atoms with Crippen LogP contribution in [-0.4, -0.2) is 56.3 Å². The number of alkyl halides is 2. The lowest BCUT2D eigenvalue weighted by Gasteiger charge is -2.37. The largest absolute Gasteiger partial charge is 0.435 e. The van der Waals surface area contributed by atoms with Crippen LogP contribution in [-0.2, 0) is 4.74 Å². The normalized spacial score (nSPS) is 18.0. The zero-order valence-electron chi connectivity index (χ0n) is 15.7. The zero-order chi connectivity index (χ0) is 19.2. The van der Waals surface area contributed by atoms with E-state index in [1.807, 2.05) is 12.1 Å². The molecule has 2 heterocycles. The van der Waals surface area contributed by atoms with Crippen molar-refractivity contribution in [2.24, 2.45) is 0 Å². The average molecular weight is 397 g/mol. The van der Waals surface area contributed by atoms with Gasteiger partial charge in [0.2, 0.25) is 0 Å². The highest BCUT2D eigenvalue weighted by Crippen LogP contribution is 2.30. The van der Waals surface area contributed by atoms with Gasteiger partial charge in [0.05, 0.1) is 19.3 Å². The van der Waals surface area contributed by atoms with E-state index in [9.17, 15) is 8.78 Å². The second-order valence-electron chi connectivity index (χ2n) is 6.74. The lowest BCUT2D eigenvalue weighted by atomic mass is 10.1. The fourth-order valence-corrected chi connectivity index (χ4v) is 4.22. The van der Waals surface area contributed by atoms with Gasteiger partial charge in [-0.05, 0) is 43.1 Å². The van der Waals surface area contributed by atoms with Crippen LogP contribution in [0, 0.1) is 0 Å². The Labute approximate surface area is 163 Å². The minimum Gasteiger partial charge on any atom is -0.435 e. The van der Waals surface area contributed by atoms with Crippen LogP contribution in [0.5, 0.6) is 5.75 Å². The number of nitrogens with zero attached hydrogens (tertiary/aromatic N) is 2. The Morgan fingerprint density at radius 1 is 1.19 bits per heavy atom. The maximum absolute atomic E-state index is 12.3. The summed E-state index contributed by atoms with van der Waals surface area (Å²) in [5, 5.41) is 2.12. The standard InChI is InChI=1S/C20H26F2N2O2S/c1-15(16-5-7-17(8-6-16)26-20(21)22)23(2)14-18(19-4-3-13-27-19)24-9-11-25-12-10-24/h3-8,13,15,18,20H,9-12,14H2,1-2H3. The van der Waals surface area contributed by atoms with Crippen LogP contribution in [0.3, 0.4) is 0 Å². The number of benzene rings is 1. The van der Waals surface area contributed by atoms with Crippen LogP contribution < -0.4 is 4.74 Å². The second kappa shape index (κ2) is 9.59. The Balaban J connectivity index is 1.68. The van der Waals surface area contributed by atoms with Crippen LogP contribution >= 0.6 is 11.3 Å². The molecule has 0 amide bonds. The number of hydrogen-bond acceptors (Lipinski definition) is 5. The summed E-state index contributed by atoms with van der Waals surface area (Å²) in [5.41, 5.74) is 1.08. The molecule has 1 aliphatic heterocycles. The third-order valence-electron chi connectivity index (χ3n) is 5.07. The quantitative estimate of drug-likeness (QED) is 0.660. The monoisotopic (exact) mass is 396 g/mol. The van der Waals surface area contributed by atoms with E-state index in [0.717, 1.165) is 38.4 Å². The summed E-state index contributed by atoms with van der Waals surface area (Å²) in [6.07, 6.45) is 0. The highest BCUT2D eigenvalue weighted by atomic mass is 32.1. The smallest absolute Gasteiger partial charge is 0.387 e. The van der Waals surface area contributed by atoms with Gasteiger partial charge in [-0.1, -0.05) is 18.2 Å². The van der Waals surface area contributed by atoms with Crippen molar-refractivity contribution in [2.75, 3.05) is 39.9 Å². The maximum atomic E-state index is 12.3. The molecule has 0 spiro atoms. The first-order valence-corrected chi connectivity index (χ1v) is 10.0. The minimum atomic E-state index is -2.80. The topological polar surface area (TPSA) is 24.9 Å². The van der Waals surface area contributed by atoms with E-state index in [0.29, 0.717) is 6.04 Å². The van der Waals surface area contributed by atoms with E-state index in [1.165, 1.54) is 4.88 Å². The van der Waals surface area contributed by atoms with Crippen molar-refractivity contribution in [3.8, 4) is 5.75 Å². The fraction of sp³-hybridized carbons (Fsp3) is 0.500. The van der Waals surface area contributed by atoms with Crippen LogP contribution in [0.1, 0.15) is 29.4 Å². The number of thiophene rings is 1. The fourth-order valence-electron chi connectivity index (χ4n) is 3.37. The van der Waals surface area contributed by atoms with Crippen molar-refractivity contribution in [3.05, 3.63) is 52.2 Å². The van der Waals surface area contributed by atoms with Gasteiger partial charge in [-0.3, -0.25) is 9.80 Å². The van der Waals surface area contributed by atoms with E-state index in [-0.39, 0.29) is 11.8 Å². The van der Waals surface area contributed by atoms with Crippen molar-refractivity contribution in [1.29, 1.82) is 0 Å². The Morgan fingerprint density at radius 2 is 1.89 bits per heavy atom. The molecule has 1 fully saturated rings. The van der Waals surface area contributed by atoms with E-state index < -0.39 is 6.61 Å². The predicted octanol–water partition coefficient (Wildman–Crippen LogP) is 4.42. The SMILES string of the molecule is CC(c1ccc(OC(F)F)cc1)N(C)CC(c1cccs1)N1CCOCC1. The number of hydrogen-bond donors (Lipinski definition) is 0. The average Bonchev–Trinajstić information content (AvgIpc) is 3.20. The third kappa shape index (κ3) is 5.48. The summed E-state index contributed by atoms with van der Waals surface area (Å²) in [7, 11) is 2.11. The molecule has 0 radical (unpaired) electrons. The van der Waals surface area contributed by atoms with E-state index >= 15 is 0 Å². The first kappa shape index (κ1) is 20.2. The summed E-state index contributed by atoms with van der Waals surface area (Å²) in [5.74, 6) is 0.188. The Morgan fingerprint density at radius 3 is 2.48 bits per heavy atom. The van der Waals surface area contributed by atoms with Crippen molar-refractivity contribution in [2.45, 2.75) is 25.6 Å². The molecule has 0 N–H and O–H groups in total. The summed E-state index contributed by atoms with van der Waals surface area (Å²) in [6.45, 7) is 3.63. The van der Waals surface area contributed by atoms with Crippen molar-refractivity contribution >= 4 is 11.3 Å². The molecule has 27 heavy (non-hydrogen) atoms. The molecule has 3 rings (SSSR count). The number of likely N-dealkylation sites (N-methyl/N-ethyl adjacent to an activating group) is 1. The van der Waals surface area contributed by atoms with Gasteiger partial charge in [0, 0.05) is 30.6 Å². The number of rotatable bonds is 8. The van der Waals surface area contributed by atoms with Crippen LogP contribution in [0.25, 0.3) is 0 Å². The van der Waals surface area contributed by atoms with Gasteiger partial charge >= 0.3 is 6.61 Å². The molecular formula is C20H26F2N2O2S. The van der Waals surface area contributed by atoms with E-state index in [4.69, 9.17) is 4.74 Å². The molecule has 0 saturated carbocycles. The van der Waals surface area contributed by atoms with Crippen LogP contribution in [0.15, 0.2) is 41.8 Å². The van der Waals surface area contributed by atoms with Gasteiger partial charge in [0.25, 0.3) is 0 Å². The van der Waals surface area contributed by atoms with Gasteiger partial charge in [0.15, 0.2) is 0 Å². The molecule has 2 unspecified atom stereocenters. The highest BCUT2D eigenvalue weighted by Gasteiger charge is 2.26. The van der Waals surface area contributed by atoms with Gasteiger partial charge < -0.3 is 9.47 Å². The molecule has 1 saturated heterocycles. The molecule has 2 atom stereocenters. The van der Waals surface area contributed by atoms with E-state index in [2.05, 4.69) is 46.0 Å². The maximum Gasteiger partial charge on any atom is 0.387 e. The Kier molecular flexibility index (Phi) is 7.18. The first-order valence-electron chi connectivity index (χ1n) is 9.15. The number of ether oxygens (including phenoxy) is 2. The molecule has 0 bridgehead atoms. The zero-order valence-corrected chi connectivity index (χ0v) is 16.5. The summed E-state index contributed by atoms with van der Waals surface area (Å²) >= 11 is 1.79. The lowest BCUT2D eigenvalue weighted by molar-refractivity contribution is -0.0498.